The molecule has 0 heterocycles. The van der Waals surface area contributed by atoms with Crippen molar-refractivity contribution in [1.29, 1.82) is 0 Å². The Labute approximate surface area is 109 Å². The van der Waals surface area contributed by atoms with E-state index in [9.17, 15) is 4.79 Å². The van der Waals surface area contributed by atoms with Crippen LogP contribution < -0.4 is 5.32 Å². The lowest BCUT2D eigenvalue weighted by Gasteiger charge is -2.09. The minimum Gasteiger partial charge on any atom is -0.508 e. The molecule has 1 atom stereocenters. The molecule has 4 nitrogen and oxygen atoms in total. The second-order valence-corrected chi connectivity index (χ2v) is 4.94. The first kappa shape index (κ1) is 14.0. The summed E-state index contributed by atoms with van der Waals surface area (Å²) in [5, 5.41) is 11.9. The van der Waals surface area contributed by atoms with E-state index in [0.717, 1.165) is 6.42 Å². The Balaban J connectivity index is 2.32. The zero-order valence-electron chi connectivity index (χ0n) is 9.65. The fourth-order valence-electron chi connectivity index (χ4n) is 1.32. The molecule has 1 aromatic rings. The Morgan fingerprint density at radius 2 is 2.12 bits per heavy atom. The number of carbonyl (C=O) groups is 1. The van der Waals surface area contributed by atoms with Crippen LogP contribution in [0.3, 0.4) is 0 Å². The summed E-state index contributed by atoms with van der Waals surface area (Å²) in [5.74, 6) is 0.0179. The van der Waals surface area contributed by atoms with Crippen molar-refractivity contribution in [3.8, 4) is 5.75 Å². The highest BCUT2D eigenvalue weighted by molar-refractivity contribution is 9.09. The maximum Gasteiger partial charge on any atom is 0.251 e. The van der Waals surface area contributed by atoms with E-state index < -0.39 is 0 Å². The molecule has 94 valence electrons. The number of ether oxygens (including phenoxy) is 1. The number of aromatic hydroxyl groups is 1. The zero-order valence-corrected chi connectivity index (χ0v) is 11.2. The Kier molecular flexibility index (Phi) is 6.00. The third-order valence-corrected chi connectivity index (χ3v) is 2.94. The molecule has 0 spiro atoms. The maximum atomic E-state index is 11.7. The monoisotopic (exact) mass is 301 g/mol. The number of rotatable bonds is 6. The Bertz CT molecular complexity index is 353. The number of hydrogen-bond acceptors (Lipinski definition) is 3. The largest absolute Gasteiger partial charge is 0.508 e. The molecule has 1 rings (SSSR count). The molecule has 0 saturated carbocycles. The van der Waals surface area contributed by atoms with E-state index in [2.05, 4.69) is 21.2 Å². The van der Waals surface area contributed by atoms with Crippen molar-refractivity contribution in [2.24, 2.45) is 0 Å². The van der Waals surface area contributed by atoms with E-state index in [0.29, 0.717) is 18.7 Å². The molecule has 0 saturated heterocycles. The number of phenols is 1. The molecule has 5 heteroatoms. The number of hydrogen-bond donors (Lipinski definition) is 2. The van der Waals surface area contributed by atoms with Gasteiger partial charge in [-0.15, -0.1) is 0 Å². The van der Waals surface area contributed by atoms with Gasteiger partial charge in [0, 0.05) is 24.0 Å². The summed E-state index contributed by atoms with van der Waals surface area (Å²) in [6, 6.07) is 6.16. The molecule has 2 N–H and O–H groups in total. The van der Waals surface area contributed by atoms with Crippen molar-refractivity contribution in [2.75, 3.05) is 20.3 Å². The summed E-state index contributed by atoms with van der Waals surface area (Å²) in [5.41, 5.74) is 0.542. The molecule has 0 aliphatic rings. The van der Waals surface area contributed by atoms with Gasteiger partial charge in [-0.3, -0.25) is 4.79 Å². The van der Waals surface area contributed by atoms with E-state index >= 15 is 0 Å². The number of phenolic OH excluding ortho intramolecular Hbond substituents is 1. The molecule has 1 amide bonds. The fourth-order valence-corrected chi connectivity index (χ4v) is 1.81. The van der Waals surface area contributed by atoms with Gasteiger partial charge in [0.15, 0.2) is 0 Å². The number of benzene rings is 1. The summed E-state index contributed by atoms with van der Waals surface area (Å²) >= 11 is 3.44. The number of nitrogens with one attached hydrogen (secondary N) is 1. The SMILES string of the molecule is COCC(Br)CCNC(=O)c1ccc(O)cc1. The molecule has 0 aliphatic carbocycles. The summed E-state index contributed by atoms with van der Waals surface area (Å²) in [6.07, 6.45) is 0.803. The predicted octanol–water partition coefficient (Wildman–Crippen LogP) is 1.92. The lowest BCUT2D eigenvalue weighted by molar-refractivity contribution is 0.0952. The normalized spacial score (nSPS) is 12.1. The van der Waals surface area contributed by atoms with E-state index in [4.69, 9.17) is 9.84 Å². The van der Waals surface area contributed by atoms with Crippen molar-refractivity contribution in [3.63, 3.8) is 0 Å². The van der Waals surface area contributed by atoms with Crippen molar-refractivity contribution in [2.45, 2.75) is 11.2 Å². The highest BCUT2D eigenvalue weighted by Crippen LogP contribution is 2.09. The van der Waals surface area contributed by atoms with Gasteiger partial charge in [0.2, 0.25) is 0 Å². The maximum absolute atomic E-state index is 11.7. The van der Waals surface area contributed by atoms with Crippen molar-refractivity contribution in [1.82, 2.24) is 5.32 Å². The molecule has 0 bridgehead atoms. The number of halogens is 1. The van der Waals surface area contributed by atoms with Gasteiger partial charge < -0.3 is 15.2 Å². The van der Waals surface area contributed by atoms with Crippen molar-refractivity contribution < 1.29 is 14.6 Å². The van der Waals surface area contributed by atoms with Crippen LogP contribution in [0.1, 0.15) is 16.8 Å². The summed E-state index contributed by atoms with van der Waals surface area (Å²) < 4.78 is 4.97. The van der Waals surface area contributed by atoms with Gasteiger partial charge in [-0.05, 0) is 30.7 Å². The van der Waals surface area contributed by atoms with Crippen LogP contribution in [-0.4, -0.2) is 36.1 Å². The summed E-state index contributed by atoms with van der Waals surface area (Å²) in [4.78, 5) is 11.9. The Hall–Kier alpha value is -1.07. The Morgan fingerprint density at radius 3 is 2.71 bits per heavy atom. The number of carbonyl (C=O) groups excluding carboxylic acids is 1. The molecule has 1 unspecified atom stereocenters. The highest BCUT2D eigenvalue weighted by atomic mass is 79.9. The minimum absolute atomic E-state index is 0.137. The van der Waals surface area contributed by atoms with E-state index in [-0.39, 0.29) is 16.5 Å². The minimum atomic E-state index is -0.137. The molecule has 0 fully saturated rings. The molecule has 1 aromatic carbocycles. The molecular formula is C12H16BrNO3. The summed E-state index contributed by atoms with van der Waals surface area (Å²) in [7, 11) is 1.64. The second-order valence-electron chi connectivity index (χ2n) is 3.64. The third kappa shape index (κ3) is 5.19. The summed E-state index contributed by atoms with van der Waals surface area (Å²) in [6.45, 7) is 1.20. The Morgan fingerprint density at radius 1 is 1.47 bits per heavy atom. The van der Waals surface area contributed by atoms with Crippen molar-refractivity contribution >= 4 is 21.8 Å². The van der Waals surface area contributed by atoms with Crippen LogP contribution in [0.4, 0.5) is 0 Å². The standard InChI is InChI=1S/C12H16BrNO3/c1-17-8-10(13)6-7-14-12(16)9-2-4-11(15)5-3-9/h2-5,10,15H,6-8H2,1H3,(H,14,16). The average molecular weight is 302 g/mol. The first-order valence-corrected chi connectivity index (χ1v) is 6.25. The van der Waals surface area contributed by atoms with Gasteiger partial charge in [0.05, 0.1) is 6.61 Å². The van der Waals surface area contributed by atoms with Crippen LogP contribution in [0.25, 0.3) is 0 Å². The van der Waals surface area contributed by atoms with Gasteiger partial charge >= 0.3 is 0 Å². The fraction of sp³-hybridized carbons (Fsp3) is 0.417. The van der Waals surface area contributed by atoms with Crippen LogP contribution in [0.5, 0.6) is 5.75 Å². The van der Waals surface area contributed by atoms with Gasteiger partial charge in [0.1, 0.15) is 5.75 Å². The highest BCUT2D eigenvalue weighted by Gasteiger charge is 2.07. The van der Waals surface area contributed by atoms with Gasteiger partial charge in [0.25, 0.3) is 5.91 Å². The number of amides is 1. The van der Waals surface area contributed by atoms with E-state index in [1.165, 1.54) is 12.1 Å². The zero-order chi connectivity index (χ0) is 12.7. The first-order valence-electron chi connectivity index (χ1n) is 5.33. The van der Waals surface area contributed by atoms with Crippen LogP contribution in [-0.2, 0) is 4.74 Å². The quantitative estimate of drug-likeness (QED) is 0.789. The second kappa shape index (κ2) is 7.29. The van der Waals surface area contributed by atoms with Crippen LogP contribution in [0, 0.1) is 0 Å². The molecule has 0 aromatic heterocycles. The van der Waals surface area contributed by atoms with Crippen LogP contribution in [0.2, 0.25) is 0 Å². The number of methoxy groups -OCH3 is 1. The van der Waals surface area contributed by atoms with E-state index in [1.807, 2.05) is 0 Å². The lowest BCUT2D eigenvalue weighted by atomic mass is 10.2. The molecule has 0 aliphatic heterocycles. The third-order valence-electron chi connectivity index (χ3n) is 2.22. The topological polar surface area (TPSA) is 58.6 Å². The van der Waals surface area contributed by atoms with E-state index in [1.54, 1.807) is 19.2 Å². The smallest absolute Gasteiger partial charge is 0.251 e. The molecule has 17 heavy (non-hydrogen) atoms. The molecule has 0 radical (unpaired) electrons. The predicted molar refractivity (Wildman–Crippen MR) is 69.6 cm³/mol. The van der Waals surface area contributed by atoms with Gasteiger partial charge in [-0.2, -0.15) is 0 Å². The van der Waals surface area contributed by atoms with Crippen molar-refractivity contribution in [3.05, 3.63) is 29.8 Å². The first-order chi connectivity index (χ1) is 8.13. The molecular weight excluding hydrogens is 286 g/mol. The van der Waals surface area contributed by atoms with Gasteiger partial charge in [-0.1, -0.05) is 15.9 Å². The average Bonchev–Trinajstić information content (AvgIpc) is 2.30. The van der Waals surface area contributed by atoms with Gasteiger partial charge in [-0.25, -0.2) is 0 Å². The van der Waals surface area contributed by atoms with Crippen LogP contribution >= 0.6 is 15.9 Å². The number of alkyl halides is 1. The lowest BCUT2D eigenvalue weighted by Crippen LogP contribution is -2.26. The van der Waals surface area contributed by atoms with Crippen LogP contribution in [0.15, 0.2) is 24.3 Å².